The third kappa shape index (κ3) is 6.66. The summed E-state index contributed by atoms with van der Waals surface area (Å²) in [4.78, 5) is 50.3. The van der Waals surface area contributed by atoms with Gasteiger partial charge >= 0.3 is 23.9 Å². The van der Waals surface area contributed by atoms with Gasteiger partial charge in [0.25, 0.3) is 0 Å². The van der Waals surface area contributed by atoms with Gasteiger partial charge in [-0.1, -0.05) is 19.4 Å². The third-order valence-corrected chi connectivity index (χ3v) is 3.73. The van der Waals surface area contributed by atoms with Crippen molar-refractivity contribution in [2.24, 2.45) is 0 Å². The van der Waals surface area contributed by atoms with Crippen molar-refractivity contribution in [1.29, 1.82) is 0 Å². The Morgan fingerprint density at radius 2 is 1.57 bits per heavy atom. The van der Waals surface area contributed by atoms with E-state index in [9.17, 15) is 19.2 Å². The molecule has 0 bridgehead atoms. The Balaban J connectivity index is 3.35. The fraction of sp³-hybridized carbons (Fsp3) is 0.474. The van der Waals surface area contributed by atoms with Crippen molar-refractivity contribution < 1.29 is 43.5 Å². The molecule has 154 valence electrons. The average Bonchev–Trinajstić information content (AvgIpc) is 2.59. The van der Waals surface area contributed by atoms with Crippen LogP contribution in [0.1, 0.15) is 52.5 Å². The van der Waals surface area contributed by atoms with Gasteiger partial charge in [-0.2, -0.15) is 5.26 Å². The summed E-state index contributed by atoms with van der Waals surface area (Å²) in [5.41, 5.74) is -1.33. The fourth-order valence-corrected chi connectivity index (χ4v) is 2.68. The first kappa shape index (κ1) is 23.1. The van der Waals surface area contributed by atoms with Gasteiger partial charge in [-0.25, -0.2) is 4.79 Å². The van der Waals surface area contributed by atoms with Crippen LogP contribution < -0.4 is 9.47 Å². The molecule has 9 nitrogen and oxygen atoms in total. The molecule has 0 spiro atoms. The van der Waals surface area contributed by atoms with Crippen LogP contribution >= 0.6 is 0 Å². The summed E-state index contributed by atoms with van der Waals surface area (Å²) in [6.07, 6.45) is 1.17. The first-order chi connectivity index (χ1) is 13.1. The molecule has 1 aromatic rings. The number of hydrogen-bond donors (Lipinski definition) is 1. The van der Waals surface area contributed by atoms with E-state index < -0.39 is 29.5 Å². The molecule has 0 amide bonds. The quantitative estimate of drug-likeness (QED) is 0.290. The molecule has 1 unspecified atom stereocenters. The van der Waals surface area contributed by atoms with Crippen molar-refractivity contribution in [2.45, 2.75) is 59.0 Å². The summed E-state index contributed by atoms with van der Waals surface area (Å²) < 4.78 is 15.3. The van der Waals surface area contributed by atoms with Gasteiger partial charge in [0.1, 0.15) is 0 Å². The minimum absolute atomic E-state index is 0.0165. The van der Waals surface area contributed by atoms with Gasteiger partial charge in [0.05, 0.1) is 0 Å². The zero-order valence-corrected chi connectivity index (χ0v) is 16.3. The van der Waals surface area contributed by atoms with Crippen molar-refractivity contribution >= 4 is 23.9 Å². The Bertz CT molecular complexity index is 741. The van der Waals surface area contributed by atoms with Crippen LogP contribution in [0.3, 0.4) is 0 Å². The molecule has 1 atom stereocenters. The molecular formula is C19H24O9. The lowest BCUT2D eigenvalue weighted by atomic mass is 9.88. The van der Waals surface area contributed by atoms with Crippen LogP contribution in [0.25, 0.3) is 0 Å². The first-order valence-electron chi connectivity index (χ1n) is 8.68. The molecule has 0 saturated heterocycles. The molecule has 0 aromatic heterocycles. The lowest BCUT2D eigenvalue weighted by Crippen LogP contribution is -2.46. The zero-order chi connectivity index (χ0) is 21.3. The highest BCUT2D eigenvalue weighted by atomic mass is 17.1. The summed E-state index contributed by atoms with van der Waals surface area (Å²) >= 11 is 0. The SMILES string of the molecule is CCCCC(Cc1ccc(OC(C)=O)c(OC(C)=O)c1)(OC(C)=O)C(=O)OO. The Labute approximate surface area is 162 Å². The molecule has 1 aromatic carbocycles. The van der Waals surface area contributed by atoms with Crippen molar-refractivity contribution in [3.05, 3.63) is 23.8 Å². The molecule has 1 rings (SSSR count). The van der Waals surface area contributed by atoms with E-state index in [1.165, 1.54) is 32.0 Å². The standard InChI is InChI=1S/C19H24O9/c1-5-6-9-19(18(23)28-24,27-14(4)22)11-15-7-8-16(25-12(2)20)17(10-15)26-13(3)21/h7-8,10,24H,5-6,9,11H2,1-4H3. The van der Waals surface area contributed by atoms with Crippen LogP contribution in [-0.2, 0) is 35.2 Å². The zero-order valence-electron chi connectivity index (χ0n) is 16.3. The maximum absolute atomic E-state index is 12.3. The average molecular weight is 396 g/mol. The second-order valence-corrected chi connectivity index (χ2v) is 6.22. The summed E-state index contributed by atoms with van der Waals surface area (Å²) in [6.45, 7) is 5.39. The van der Waals surface area contributed by atoms with Gasteiger partial charge in [0.2, 0.25) is 5.60 Å². The van der Waals surface area contributed by atoms with Crippen molar-refractivity contribution in [1.82, 2.24) is 0 Å². The van der Waals surface area contributed by atoms with Crippen LogP contribution in [0.2, 0.25) is 0 Å². The Kier molecular flexibility index (Phi) is 8.59. The first-order valence-corrected chi connectivity index (χ1v) is 8.68. The monoisotopic (exact) mass is 396 g/mol. The van der Waals surface area contributed by atoms with Crippen LogP contribution in [0.4, 0.5) is 0 Å². The van der Waals surface area contributed by atoms with Gasteiger partial charge in [-0.05, 0) is 30.5 Å². The normalized spacial score (nSPS) is 12.5. The number of hydrogen-bond acceptors (Lipinski definition) is 9. The van der Waals surface area contributed by atoms with Gasteiger partial charge in [0.15, 0.2) is 11.5 Å². The van der Waals surface area contributed by atoms with Crippen LogP contribution in [0, 0.1) is 0 Å². The molecule has 0 radical (unpaired) electrons. The number of carbonyl (C=O) groups is 4. The van der Waals surface area contributed by atoms with E-state index in [1.807, 2.05) is 6.92 Å². The second-order valence-electron chi connectivity index (χ2n) is 6.22. The summed E-state index contributed by atoms with van der Waals surface area (Å²) in [7, 11) is 0. The number of carbonyl (C=O) groups excluding carboxylic acids is 4. The van der Waals surface area contributed by atoms with Gasteiger partial charge in [-0.15, -0.1) is 0 Å². The molecular weight excluding hydrogens is 372 g/mol. The predicted octanol–water partition coefficient (Wildman–Crippen LogP) is 2.59. The molecule has 0 fully saturated rings. The lowest BCUT2D eigenvalue weighted by Gasteiger charge is -2.29. The largest absolute Gasteiger partial charge is 0.447 e. The Morgan fingerprint density at radius 3 is 2.07 bits per heavy atom. The highest BCUT2D eigenvalue weighted by Crippen LogP contribution is 2.33. The highest BCUT2D eigenvalue weighted by Gasteiger charge is 2.44. The van der Waals surface area contributed by atoms with Crippen LogP contribution in [0.15, 0.2) is 18.2 Å². The van der Waals surface area contributed by atoms with E-state index in [0.29, 0.717) is 18.4 Å². The fourth-order valence-electron chi connectivity index (χ4n) is 2.68. The molecule has 9 heteroatoms. The van der Waals surface area contributed by atoms with Gasteiger partial charge in [0, 0.05) is 27.2 Å². The Hall–Kier alpha value is -2.94. The summed E-state index contributed by atoms with van der Waals surface area (Å²) in [6, 6.07) is 4.28. The number of unbranched alkanes of at least 4 members (excludes halogenated alkanes) is 1. The maximum atomic E-state index is 12.3. The van der Waals surface area contributed by atoms with E-state index in [0.717, 1.165) is 6.92 Å². The van der Waals surface area contributed by atoms with E-state index in [4.69, 9.17) is 19.5 Å². The minimum atomic E-state index is -1.76. The van der Waals surface area contributed by atoms with Crippen molar-refractivity contribution in [3.63, 3.8) is 0 Å². The van der Waals surface area contributed by atoms with Crippen molar-refractivity contribution in [3.8, 4) is 11.5 Å². The second kappa shape index (κ2) is 10.4. The molecule has 0 saturated carbocycles. The van der Waals surface area contributed by atoms with E-state index in [2.05, 4.69) is 4.89 Å². The van der Waals surface area contributed by atoms with Crippen LogP contribution in [-0.4, -0.2) is 34.7 Å². The van der Waals surface area contributed by atoms with E-state index >= 15 is 0 Å². The smallest absolute Gasteiger partial charge is 0.385 e. The predicted molar refractivity (Wildman–Crippen MR) is 95.5 cm³/mol. The third-order valence-electron chi connectivity index (χ3n) is 3.73. The summed E-state index contributed by atoms with van der Waals surface area (Å²) in [5, 5.41) is 8.91. The number of esters is 3. The minimum Gasteiger partial charge on any atom is -0.447 e. The number of rotatable bonds is 9. The topological polar surface area (TPSA) is 125 Å². The Morgan fingerprint density at radius 1 is 0.964 bits per heavy atom. The van der Waals surface area contributed by atoms with Crippen LogP contribution in [0.5, 0.6) is 11.5 Å². The summed E-state index contributed by atoms with van der Waals surface area (Å²) in [5.74, 6) is -3.11. The van der Waals surface area contributed by atoms with Gasteiger partial charge in [-0.3, -0.25) is 19.3 Å². The van der Waals surface area contributed by atoms with Gasteiger partial charge < -0.3 is 14.2 Å². The van der Waals surface area contributed by atoms with Crippen molar-refractivity contribution in [2.75, 3.05) is 0 Å². The molecule has 0 aliphatic carbocycles. The molecule has 0 aliphatic heterocycles. The maximum Gasteiger partial charge on any atom is 0.385 e. The molecule has 28 heavy (non-hydrogen) atoms. The molecule has 1 N–H and O–H groups in total. The molecule has 0 heterocycles. The number of ether oxygens (including phenoxy) is 3. The highest BCUT2D eigenvalue weighted by molar-refractivity contribution is 5.83. The van der Waals surface area contributed by atoms with E-state index in [-0.39, 0.29) is 24.3 Å². The molecule has 0 aliphatic rings. The number of benzene rings is 1. The lowest BCUT2D eigenvalue weighted by molar-refractivity contribution is -0.254. The van der Waals surface area contributed by atoms with E-state index in [1.54, 1.807) is 0 Å².